The van der Waals surface area contributed by atoms with E-state index in [4.69, 9.17) is 29.2 Å². The molecule has 1 aromatic carbocycles. The van der Waals surface area contributed by atoms with E-state index in [2.05, 4.69) is 17.1 Å². The van der Waals surface area contributed by atoms with Crippen LogP contribution in [0.5, 0.6) is 0 Å². The highest BCUT2D eigenvalue weighted by Crippen LogP contribution is 2.79. The lowest BCUT2D eigenvalue weighted by Crippen LogP contribution is -2.84. The molecule has 1 aromatic rings. The number of esters is 1. The number of benzene rings is 1. The van der Waals surface area contributed by atoms with Crippen LogP contribution in [0.4, 0.5) is 5.69 Å². The highest BCUT2D eigenvalue weighted by atomic mass is 16.6. The van der Waals surface area contributed by atoms with Crippen LogP contribution in [0.3, 0.4) is 0 Å². The summed E-state index contributed by atoms with van der Waals surface area (Å²) in [5, 5.41) is 56.4. The predicted molar refractivity (Wildman–Crippen MR) is 172 cm³/mol. The number of nitrogens with zero attached hydrogens (tertiary/aromatic N) is 1. The van der Waals surface area contributed by atoms with Gasteiger partial charge in [0.25, 0.3) is 0 Å². The number of likely N-dealkylation sites (tertiary alicyclic amines) is 1. The number of carboxylic acids is 1. The van der Waals surface area contributed by atoms with Crippen LogP contribution in [0, 0.1) is 23.2 Å². The van der Waals surface area contributed by atoms with Crippen molar-refractivity contribution in [1.29, 1.82) is 0 Å². The van der Waals surface area contributed by atoms with Crippen molar-refractivity contribution in [3.63, 3.8) is 0 Å². The number of nitrogens with one attached hydrogen (secondary N) is 1. The number of rotatable bonds is 8. The number of likely N-dealkylation sites (N-methyl/N-ethyl adjacent to an activating group) is 1. The van der Waals surface area contributed by atoms with Crippen molar-refractivity contribution >= 4 is 23.5 Å². The minimum atomic E-state index is -1.76. The van der Waals surface area contributed by atoms with Gasteiger partial charge in [0.1, 0.15) is 34.6 Å². The first-order valence-corrected chi connectivity index (χ1v) is 17.1. The van der Waals surface area contributed by atoms with E-state index in [0.717, 1.165) is 0 Å². The van der Waals surface area contributed by atoms with E-state index < -0.39 is 69.9 Å². The van der Waals surface area contributed by atoms with Gasteiger partial charge in [0.15, 0.2) is 0 Å². The van der Waals surface area contributed by atoms with Gasteiger partial charge in [-0.25, -0.2) is 9.59 Å². The molecule has 5 saturated carbocycles. The maximum Gasteiger partial charge on any atom is 0.340 e. The molecule has 1 spiro atoms. The number of hydrogen-bond acceptors (Lipinski definition) is 12. The number of aliphatic hydroxyl groups is 4. The minimum Gasteiger partial charge on any atom is -0.479 e. The van der Waals surface area contributed by atoms with E-state index in [1.165, 1.54) is 28.1 Å². The molecule has 1 aliphatic heterocycles. The number of aliphatic carboxylic acids is 1. The maximum absolute atomic E-state index is 14.0. The van der Waals surface area contributed by atoms with Gasteiger partial charge in [-0.05, 0) is 51.3 Å². The zero-order valence-corrected chi connectivity index (χ0v) is 28.9. The summed E-state index contributed by atoms with van der Waals surface area (Å²) in [7, 11) is 4.68. The Balaban J connectivity index is 0.000000639. The Morgan fingerprint density at radius 1 is 1.02 bits per heavy atom. The summed E-state index contributed by atoms with van der Waals surface area (Å²) >= 11 is 0. The average Bonchev–Trinajstić information content (AvgIpc) is 3.44. The number of para-hydroxylation sites is 1. The Kier molecular flexibility index (Phi) is 9.01. The smallest absolute Gasteiger partial charge is 0.340 e. The molecule has 49 heavy (non-hydrogen) atoms. The molecule has 1 amide bonds. The number of carbonyl (C=O) groups excluding carboxylic acids is 2. The van der Waals surface area contributed by atoms with Gasteiger partial charge in [0, 0.05) is 70.4 Å². The summed E-state index contributed by atoms with van der Waals surface area (Å²) in [5.74, 6) is -3.27. The van der Waals surface area contributed by atoms with Crippen LogP contribution in [-0.4, -0.2) is 136 Å². The second-order valence-electron chi connectivity index (χ2n) is 14.9. The Labute approximate surface area is 285 Å². The molecule has 14 heteroatoms. The van der Waals surface area contributed by atoms with Crippen LogP contribution in [0.15, 0.2) is 24.3 Å². The Morgan fingerprint density at radius 2 is 1.67 bits per heavy atom. The number of anilines is 1. The van der Waals surface area contributed by atoms with Gasteiger partial charge in [-0.3, -0.25) is 9.69 Å². The van der Waals surface area contributed by atoms with Crippen LogP contribution < -0.4 is 5.32 Å². The van der Waals surface area contributed by atoms with Crippen LogP contribution in [0.2, 0.25) is 0 Å². The summed E-state index contributed by atoms with van der Waals surface area (Å²) in [6.07, 6.45) is -1.45. The first-order valence-electron chi connectivity index (χ1n) is 17.1. The summed E-state index contributed by atoms with van der Waals surface area (Å²) in [6, 6.07) is 6.65. The lowest BCUT2D eigenvalue weighted by Gasteiger charge is -2.70. The Morgan fingerprint density at radius 3 is 2.24 bits per heavy atom. The molecule has 1 saturated heterocycles. The molecule has 6 aliphatic rings. The van der Waals surface area contributed by atoms with E-state index >= 15 is 0 Å². The van der Waals surface area contributed by atoms with Crippen molar-refractivity contribution in [3.05, 3.63) is 29.8 Å². The normalized spacial score (nSPS) is 44.7. The number of aliphatic hydroxyl groups excluding tert-OH is 1. The number of piperidine rings is 1. The van der Waals surface area contributed by atoms with Gasteiger partial charge in [-0.15, -0.1) is 0 Å². The third-order valence-corrected chi connectivity index (χ3v) is 13.1. The number of methoxy groups -OCH3 is 3. The zero-order valence-electron chi connectivity index (χ0n) is 28.9. The van der Waals surface area contributed by atoms with Crippen molar-refractivity contribution < 1.29 is 58.9 Å². The van der Waals surface area contributed by atoms with Gasteiger partial charge < -0.3 is 49.8 Å². The van der Waals surface area contributed by atoms with Crippen molar-refractivity contribution in [2.75, 3.05) is 39.7 Å². The first kappa shape index (κ1) is 36.1. The number of carboxylic acid groups (broad SMARTS) is 1. The van der Waals surface area contributed by atoms with Crippen LogP contribution in [0.1, 0.15) is 63.2 Å². The largest absolute Gasteiger partial charge is 0.479 e. The third kappa shape index (κ3) is 4.64. The van der Waals surface area contributed by atoms with Gasteiger partial charge in [0.2, 0.25) is 5.91 Å². The van der Waals surface area contributed by atoms with Crippen molar-refractivity contribution in [2.45, 2.75) is 106 Å². The highest BCUT2D eigenvalue weighted by Gasteiger charge is 2.91. The van der Waals surface area contributed by atoms with Crippen molar-refractivity contribution in [1.82, 2.24) is 4.90 Å². The average molecular weight is 691 g/mol. The number of ether oxygens (including phenoxy) is 4. The fourth-order valence-corrected chi connectivity index (χ4v) is 11.6. The second-order valence-corrected chi connectivity index (χ2v) is 14.9. The summed E-state index contributed by atoms with van der Waals surface area (Å²) < 4.78 is 24.7. The Hall–Kier alpha value is -2.69. The van der Waals surface area contributed by atoms with Crippen LogP contribution >= 0.6 is 0 Å². The molecule has 1 heterocycles. The van der Waals surface area contributed by atoms with E-state index in [0.29, 0.717) is 38.0 Å². The first-order chi connectivity index (χ1) is 23.1. The molecule has 14 nitrogen and oxygen atoms in total. The van der Waals surface area contributed by atoms with Gasteiger partial charge in [-0.2, -0.15) is 0 Å². The standard InChI is InChI=1S/C32H44N2O9.C3H6O3/c1-6-34-16-28(43-26(36)18-9-7-8-10-20(18)33-17(2)35)12-11-23(40-3)31-21(28)13-19(25(31)34)30(38)15-24(41-4)29(37)14-22(31)32(30,39)27(29)42-5;1-2(4)3(5)6/h7-10,19,21-25,27,37-39H,6,11-16H2,1-5H3,(H,33,35);2,4H,1H3,(H,5,6)/t19-,21+,22-,23-,24-,25?,27-,28+,29-,30-,31-,32-;/m0./s1. The van der Waals surface area contributed by atoms with Gasteiger partial charge >= 0.3 is 11.9 Å². The molecule has 2 unspecified atom stereocenters. The number of fused-ring (bicyclic) bond motifs is 2. The molecular weight excluding hydrogens is 640 g/mol. The van der Waals surface area contributed by atoms with E-state index in [1.807, 2.05) is 0 Å². The lowest BCUT2D eigenvalue weighted by molar-refractivity contribution is -0.347. The fourth-order valence-electron chi connectivity index (χ4n) is 11.6. The van der Waals surface area contributed by atoms with Crippen molar-refractivity contribution in [3.8, 4) is 0 Å². The van der Waals surface area contributed by atoms with E-state index in [-0.39, 0.29) is 42.4 Å². The molecule has 272 valence electrons. The number of amides is 1. The summed E-state index contributed by atoms with van der Waals surface area (Å²) in [5.41, 5.74) is -5.92. The van der Waals surface area contributed by atoms with Crippen molar-refractivity contribution in [2.24, 2.45) is 23.2 Å². The van der Waals surface area contributed by atoms with Crippen LogP contribution in [0.25, 0.3) is 0 Å². The van der Waals surface area contributed by atoms with Gasteiger partial charge in [0.05, 0.1) is 23.5 Å². The molecule has 7 bridgehead atoms. The second kappa shape index (κ2) is 12.2. The molecule has 6 N–H and O–H groups in total. The monoisotopic (exact) mass is 690 g/mol. The zero-order chi connectivity index (χ0) is 35.9. The summed E-state index contributed by atoms with van der Waals surface area (Å²) in [6.45, 7) is 5.78. The number of carbonyl (C=O) groups is 3. The third-order valence-electron chi connectivity index (χ3n) is 13.1. The highest BCUT2D eigenvalue weighted by molar-refractivity contribution is 6.00. The van der Waals surface area contributed by atoms with Crippen LogP contribution in [-0.2, 0) is 28.5 Å². The molecule has 6 fully saturated rings. The quantitative estimate of drug-likeness (QED) is 0.209. The SMILES string of the molecule is CC(O)C(=O)O.CCN1C[C@]2(OC(=O)c3ccccc3NC(C)=O)CC[C@H](OC)[C@]34C1[C@H](C[C@H]23)[C@@]1(O)C[C@H](OC)[C@@]2(O)C[C@@H]4[C@]1(O)[C@H]2OC. The molecular formula is C35H50N2O12. The van der Waals surface area contributed by atoms with E-state index in [9.17, 15) is 29.7 Å². The lowest BCUT2D eigenvalue weighted by atomic mass is 9.44. The number of hydrogen-bond donors (Lipinski definition) is 6. The molecule has 0 radical (unpaired) electrons. The molecule has 13 atom stereocenters. The fraction of sp³-hybridized carbons (Fsp3) is 0.743. The minimum absolute atomic E-state index is 0.0723. The topological polar surface area (TPSA) is 205 Å². The maximum atomic E-state index is 14.0. The summed E-state index contributed by atoms with van der Waals surface area (Å²) in [4.78, 5) is 37.7. The molecule has 5 aliphatic carbocycles. The predicted octanol–water partition coefficient (Wildman–Crippen LogP) is 0.788. The van der Waals surface area contributed by atoms with E-state index in [1.54, 1.807) is 31.4 Å². The molecule has 7 rings (SSSR count). The van der Waals surface area contributed by atoms with Gasteiger partial charge in [-0.1, -0.05) is 19.1 Å². The Bertz CT molecular complexity index is 1490. The molecule has 0 aromatic heterocycles.